The Labute approximate surface area is 147 Å². The molecule has 0 saturated heterocycles. The fourth-order valence-corrected chi connectivity index (χ4v) is 3.24. The van der Waals surface area contributed by atoms with Crippen LogP contribution >= 0.6 is 0 Å². The molecule has 0 radical (unpaired) electrons. The molecule has 0 saturated carbocycles. The summed E-state index contributed by atoms with van der Waals surface area (Å²) in [6.07, 6.45) is 1.82. The van der Waals surface area contributed by atoms with Crippen molar-refractivity contribution in [2.24, 2.45) is 0 Å². The lowest BCUT2D eigenvalue weighted by molar-refractivity contribution is -0.142. The van der Waals surface area contributed by atoms with Gasteiger partial charge in [0.2, 0.25) is 5.43 Å². The molecule has 6 nitrogen and oxygen atoms in total. The molecule has 0 aliphatic carbocycles. The Morgan fingerprint density at radius 2 is 2.04 bits per heavy atom. The van der Waals surface area contributed by atoms with Crippen LogP contribution < -0.4 is 5.43 Å². The van der Waals surface area contributed by atoms with Gasteiger partial charge >= 0.3 is 11.9 Å². The Hall–Kier alpha value is -2.77. The van der Waals surface area contributed by atoms with E-state index in [4.69, 9.17) is 9.47 Å². The smallest absolute Gasteiger partial charge is 0.343 e. The number of pyridine rings is 1. The molecule has 0 N–H and O–H groups in total. The molecule has 0 bridgehead atoms. The first kappa shape index (κ1) is 18.0. The van der Waals surface area contributed by atoms with Crippen molar-refractivity contribution in [3.05, 3.63) is 45.2 Å². The highest BCUT2D eigenvalue weighted by atomic mass is 19.2. The van der Waals surface area contributed by atoms with Gasteiger partial charge in [-0.15, -0.1) is 0 Å². The average molecular weight is 365 g/mol. The highest BCUT2D eigenvalue weighted by Gasteiger charge is 2.29. The Balaban J connectivity index is 2.28. The molecule has 1 aromatic heterocycles. The molecule has 1 atom stereocenters. The zero-order valence-corrected chi connectivity index (χ0v) is 14.3. The minimum Gasteiger partial charge on any atom is -0.464 e. The SMILES string of the molecule is CCOC(=O)c1cn2c3c(c(F)c(F)cc3c1=O)CCC2COC(C)=O. The highest BCUT2D eigenvalue weighted by molar-refractivity contribution is 5.94. The molecule has 2 aromatic rings. The zero-order chi connectivity index (χ0) is 19.0. The number of aromatic nitrogens is 1. The standard InChI is InChI=1S/C18H17F2NO5/c1-3-25-18(24)13-7-21-10(8-26-9(2)22)4-5-11-15(20)14(19)6-12(16(11)21)17(13)23/h6-7,10H,3-5,8H2,1-2H3. The van der Waals surface area contributed by atoms with E-state index in [1.807, 2.05) is 0 Å². The van der Waals surface area contributed by atoms with Gasteiger partial charge < -0.3 is 14.0 Å². The van der Waals surface area contributed by atoms with E-state index in [0.29, 0.717) is 6.42 Å². The van der Waals surface area contributed by atoms with Crippen LogP contribution in [0.5, 0.6) is 0 Å². The van der Waals surface area contributed by atoms with E-state index >= 15 is 0 Å². The largest absolute Gasteiger partial charge is 0.464 e. The third-order valence-electron chi connectivity index (χ3n) is 4.40. The molecule has 8 heteroatoms. The third-order valence-corrected chi connectivity index (χ3v) is 4.40. The van der Waals surface area contributed by atoms with E-state index < -0.39 is 35.0 Å². The molecule has 26 heavy (non-hydrogen) atoms. The number of hydrogen-bond acceptors (Lipinski definition) is 5. The Kier molecular flexibility index (Phi) is 4.76. The van der Waals surface area contributed by atoms with Crippen LogP contribution in [-0.2, 0) is 20.7 Å². The van der Waals surface area contributed by atoms with Crippen molar-refractivity contribution in [3.63, 3.8) is 0 Å². The van der Waals surface area contributed by atoms with Crippen LogP contribution in [0.1, 0.15) is 42.2 Å². The van der Waals surface area contributed by atoms with Gasteiger partial charge in [0, 0.05) is 24.1 Å². The maximum Gasteiger partial charge on any atom is 0.343 e. The van der Waals surface area contributed by atoms with E-state index in [-0.39, 0.29) is 41.7 Å². The van der Waals surface area contributed by atoms with Gasteiger partial charge in [0.25, 0.3) is 0 Å². The van der Waals surface area contributed by atoms with Crippen molar-refractivity contribution >= 4 is 22.8 Å². The van der Waals surface area contributed by atoms with Crippen LogP contribution in [0, 0.1) is 11.6 Å². The highest BCUT2D eigenvalue weighted by Crippen LogP contribution is 2.33. The third kappa shape index (κ3) is 2.95. The Bertz CT molecular complexity index is 966. The molecule has 2 heterocycles. The summed E-state index contributed by atoms with van der Waals surface area (Å²) in [6, 6.07) is 0.386. The van der Waals surface area contributed by atoms with Crippen LogP contribution in [0.15, 0.2) is 17.1 Å². The van der Waals surface area contributed by atoms with Gasteiger partial charge in [-0.2, -0.15) is 0 Å². The first-order chi connectivity index (χ1) is 12.3. The van der Waals surface area contributed by atoms with Crippen molar-refractivity contribution in [2.75, 3.05) is 13.2 Å². The minimum absolute atomic E-state index is 0.00595. The summed E-state index contributed by atoms with van der Waals surface area (Å²) >= 11 is 0. The minimum atomic E-state index is -1.14. The first-order valence-electron chi connectivity index (χ1n) is 8.21. The molecule has 3 rings (SSSR count). The predicted molar refractivity (Wildman–Crippen MR) is 88.1 cm³/mol. The molecule has 1 unspecified atom stereocenters. The van der Waals surface area contributed by atoms with E-state index in [2.05, 4.69) is 0 Å². The maximum atomic E-state index is 14.2. The fraction of sp³-hybridized carbons (Fsp3) is 0.389. The van der Waals surface area contributed by atoms with E-state index in [9.17, 15) is 23.2 Å². The number of benzene rings is 1. The van der Waals surface area contributed by atoms with Crippen LogP contribution in [0.2, 0.25) is 0 Å². The fourth-order valence-electron chi connectivity index (χ4n) is 3.24. The number of nitrogens with zero attached hydrogens (tertiary/aromatic N) is 1. The Morgan fingerprint density at radius 3 is 2.69 bits per heavy atom. The van der Waals surface area contributed by atoms with Gasteiger partial charge in [-0.05, 0) is 25.8 Å². The average Bonchev–Trinajstić information content (AvgIpc) is 2.60. The van der Waals surface area contributed by atoms with Crippen LogP contribution in [0.25, 0.3) is 10.9 Å². The summed E-state index contributed by atoms with van der Waals surface area (Å²) in [5.41, 5.74) is -0.703. The number of carbonyl (C=O) groups excluding carboxylic acids is 2. The summed E-state index contributed by atoms with van der Waals surface area (Å²) < 4.78 is 39.6. The topological polar surface area (TPSA) is 74.6 Å². The van der Waals surface area contributed by atoms with Crippen molar-refractivity contribution in [3.8, 4) is 0 Å². The van der Waals surface area contributed by atoms with Gasteiger partial charge in [-0.3, -0.25) is 9.59 Å². The van der Waals surface area contributed by atoms with Crippen LogP contribution in [-0.4, -0.2) is 29.7 Å². The normalized spacial score (nSPS) is 15.8. The number of carbonyl (C=O) groups is 2. The second-order valence-electron chi connectivity index (χ2n) is 6.04. The lowest BCUT2D eigenvalue weighted by Crippen LogP contribution is -2.29. The van der Waals surface area contributed by atoms with E-state index in [0.717, 1.165) is 6.07 Å². The predicted octanol–water partition coefficient (Wildman–Crippen LogP) is 2.51. The number of halogens is 2. The van der Waals surface area contributed by atoms with Gasteiger partial charge in [0.1, 0.15) is 12.2 Å². The van der Waals surface area contributed by atoms with Crippen molar-refractivity contribution in [1.82, 2.24) is 4.57 Å². The zero-order valence-electron chi connectivity index (χ0n) is 14.3. The van der Waals surface area contributed by atoms with Crippen molar-refractivity contribution < 1.29 is 27.8 Å². The summed E-state index contributed by atoms with van der Waals surface area (Å²) in [6.45, 7) is 2.92. The summed E-state index contributed by atoms with van der Waals surface area (Å²) in [5.74, 6) is -3.48. The summed E-state index contributed by atoms with van der Waals surface area (Å²) in [4.78, 5) is 35.9. The molecule has 0 amide bonds. The molecule has 1 aliphatic heterocycles. The van der Waals surface area contributed by atoms with Crippen LogP contribution in [0.3, 0.4) is 0 Å². The lowest BCUT2D eigenvalue weighted by Gasteiger charge is -2.29. The summed E-state index contributed by atoms with van der Waals surface area (Å²) in [5, 5.41) is -0.100. The first-order valence-corrected chi connectivity index (χ1v) is 8.21. The molecule has 138 valence electrons. The molecule has 0 fully saturated rings. The molecular formula is C18H17F2NO5. The molecule has 1 aliphatic rings. The molecule has 0 spiro atoms. The number of aryl methyl sites for hydroxylation is 1. The Morgan fingerprint density at radius 1 is 1.31 bits per heavy atom. The van der Waals surface area contributed by atoms with Gasteiger partial charge in [0.15, 0.2) is 11.6 Å². The maximum absolute atomic E-state index is 14.2. The quantitative estimate of drug-likeness (QED) is 0.779. The monoisotopic (exact) mass is 365 g/mol. The van der Waals surface area contributed by atoms with Crippen molar-refractivity contribution in [1.29, 1.82) is 0 Å². The van der Waals surface area contributed by atoms with Crippen molar-refractivity contribution in [2.45, 2.75) is 32.7 Å². The van der Waals surface area contributed by atoms with Crippen LogP contribution in [0.4, 0.5) is 8.78 Å². The lowest BCUT2D eigenvalue weighted by atomic mass is 9.95. The van der Waals surface area contributed by atoms with E-state index in [1.165, 1.54) is 17.7 Å². The van der Waals surface area contributed by atoms with E-state index in [1.54, 1.807) is 6.92 Å². The number of esters is 2. The second kappa shape index (κ2) is 6.86. The number of rotatable bonds is 4. The molecule has 1 aromatic carbocycles. The number of ether oxygens (including phenoxy) is 2. The van der Waals surface area contributed by atoms with Gasteiger partial charge in [-0.1, -0.05) is 0 Å². The molecular weight excluding hydrogens is 348 g/mol. The number of hydrogen-bond donors (Lipinski definition) is 0. The van der Waals surface area contributed by atoms with Gasteiger partial charge in [0.05, 0.1) is 18.2 Å². The van der Waals surface area contributed by atoms with Gasteiger partial charge in [-0.25, -0.2) is 13.6 Å². The summed E-state index contributed by atoms with van der Waals surface area (Å²) in [7, 11) is 0. The second-order valence-corrected chi connectivity index (χ2v) is 6.04.